The maximum atomic E-state index is 2.74. The molecule has 0 aliphatic heterocycles. The first-order valence-corrected chi connectivity index (χ1v) is 42.1. The van der Waals surface area contributed by atoms with Gasteiger partial charge in [-0.1, -0.05) is 334 Å². The van der Waals surface area contributed by atoms with Crippen LogP contribution in [-0.4, -0.2) is 0 Å². The molecule has 0 bridgehead atoms. The summed E-state index contributed by atoms with van der Waals surface area (Å²) in [4.78, 5) is 5.59. The van der Waals surface area contributed by atoms with Crippen molar-refractivity contribution in [3.8, 4) is 75.1 Å². The molecule has 0 fully saturated rings. The molecular formula is C95H126S2. The van der Waals surface area contributed by atoms with Crippen LogP contribution in [0.2, 0.25) is 0 Å². The Morgan fingerprint density at radius 3 is 0.660 bits per heavy atom. The second-order valence-electron chi connectivity index (χ2n) is 31.4. The molecule has 3 aliphatic rings. The maximum Gasteiger partial charge on any atom is 0.0349 e. The van der Waals surface area contributed by atoms with Crippen LogP contribution in [0.1, 0.15) is 309 Å². The lowest BCUT2D eigenvalue weighted by Gasteiger charge is -2.39. The molecule has 6 aromatic carbocycles. The van der Waals surface area contributed by atoms with Crippen LogP contribution in [0.5, 0.6) is 0 Å². The van der Waals surface area contributed by atoms with Gasteiger partial charge in [-0.3, -0.25) is 0 Å². The zero-order valence-electron chi connectivity index (χ0n) is 62.9. The summed E-state index contributed by atoms with van der Waals surface area (Å²) in [6.07, 6.45) is 38.3. The van der Waals surface area contributed by atoms with Gasteiger partial charge >= 0.3 is 0 Å². The molecule has 0 spiro atoms. The largest absolute Gasteiger partial charge is 0.135 e. The number of unbranched alkanes of at least 4 members (excludes halogenated alkanes) is 6. The molecule has 0 N–H and O–H groups in total. The molecule has 0 saturated carbocycles. The van der Waals surface area contributed by atoms with E-state index in [1.807, 2.05) is 22.7 Å². The predicted octanol–water partition coefficient (Wildman–Crippen LogP) is 30.9. The Hall–Kier alpha value is -5.28. The Balaban J connectivity index is 0.993. The molecule has 2 aromatic heterocycles. The van der Waals surface area contributed by atoms with Crippen molar-refractivity contribution in [2.45, 2.75) is 292 Å². The maximum absolute atomic E-state index is 2.74. The van der Waals surface area contributed by atoms with Crippen molar-refractivity contribution in [2.75, 3.05) is 0 Å². The van der Waals surface area contributed by atoms with E-state index in [4.69, 9.17) is 0 Å². The molecule has 6 atom stereocenters. The zero-order valence-corrected chi connectivity index (χ0v) is 64.5. The first-order valence-electron chi connectivity index (χ1n) is 40.4. The van der Waals surface area contributed by atoms with Crippen molar-refractivity contribution in [1.82, 2.24) is 0 Å². The van der Waals surface area contributed by atoms with Gasteiger partial charge in [0.25, 0.3) is 0 Å². The second kappa shape index (κ2) is 33.9. The van der Waals surface area contributed by atoms with E-state index in [9.17, 15) is 0 Å². The van der Waals surface area contributed by atoms with Gasteiger partial charge in [0.2, 0.25) is 0 Å². The zero-order chi connectivity index (χ0) is 68.1. The normalized spacial score (nSPS) is 19.2. The highest BCUT2D eigenvalue weighted by Gasteiger charge is 2.49. The van der Waals surface area contributed by atoms with Gasteiger partial charge in [-0.2, -0.15) is 0 Å². The molecule has 11 rings (SSSR count). The van der Waals surface area contributed by atoms with Crippen molar-refractivity contribution in [1.29, 1.82) is 0 Å². The van der Waals surface area contributed by atoms with Crippen molar-refractivity contribution in [3.05, 3.63) is 179 Å². The number of thiophene rings is 2. The fourth-order valence-electron chi connectivity index (χ4n) is 19.5. The van der Waals surface area contributed by atoms with Crippen LogP contribution in [0.3, 0.4) is 0 Å². The minimum atomic E-state index is -0.0851. The average Bonchev–Trinajstić information content (AvgIpc) is 1.58. The summed E-state index contributed by atoms with van der Waals surface area (Å²) in [6.45, 7) is 29.2. The molecule has 2 heteroatoms. The first kappa shape index (κ1) is 73.0. The van der Waals surface area contributed by atoms with Crippen LogP contribution in [-0.2, 0) is 16.2 Å². The monoisotopic (exact) mass is 1330 g/mol. The third-order valence-electron chi connectivity index (χ3n) is 25.3. The number of benzene rings is 6. The topological polar surface area (TPSA) is 0 Å². The lowest BCUT2D eigenvalue weighted by molar-refractivity contribution is 0.266. The second-order valence-corrected chi connectivity index (χ2v) is 33.6. The van der Waals surface area contributed by atoms with Gasteiger partial charge in [0.1, 0.15) is 0 Å². The summed E-state index contributed by atoms with van der Waals surface area (Å²) in [7, 11) is 0. The Labute approximate surface area is 600 Å². The first-order chi connectivity index (χ1) is 47.5. The summed E-state index contributed by atoms with van der Waals surface area (Å²) in [5.74, 6) is 4.17. The Morgan fingerprint density at radius 1 is 0.237 bits per heavy atom. The van der Waals surface area contributed by atoms with E-state index in [-0.39, 0.29) is 16.2 Å². The standard InChI is InChI=1S/C95H126S2/c1-13-25-35-67(19-7)61-93(62-68(20-8)36-26-14-2)83-43-33-31-41-77(83)79-49-45-73(57-85(79)93)89-53-55-91(96-89)75-47-51-81-82-52-48-76(60-88(82)95(87(81)59-75,65-71(23-11)39-29-17-5)66-72(24-12)40-30-18-6)92-56-54-90(97-92)74-46-50-80-78-42-32-34-44-84(78)94(86(80)58-74,63-69(21-9)37-27-15-3)64-70(22-10)38-28-16-4/h31-34,41-60,67-72H,13-30,35-40,61-66H2,1-12H3. The Kier molecular flexibility index (Phi) is 25.5. The highest BCUT2D eigenvalue weighted by Crippen LogP contribution is 2.62. The average molecular weight is 1330 g/mol. The minimum Gasteiger partial charge on any atom is -0.135 e. The van der Waals surface area contributed by atoms with Gasteiger partial charge in [-0.05, 0) is 212 Å². The lowest BCUT2D eigenvalue weighted by Crippen LogP contribution is -2.31. The van der Waals surface area contributed by atoms with Gasteiger partial charge in [0.15, 0.2) is 0 Å². The summed E-state index contributed by atoms with van der Waals surface area (Å²) in [5.41, 5.74) is 24.1. The number of hydrogen-bond acceptors (Lipinski definition) is 2. The molecule has 518 valence electrons. The van der Waals surface area contributed by atoms with E-state index in [0.717, 1.165) is 0 Å². The van der Waals surface area contributed by atoms with Gasteiger partial charge in [-0.25, -0.2) is 0 Å². The summed E-state index contributed by atoms with van der Waals surface area (Å²) < 4.78 is 0. The van der Waals surface area contributed by atoms with Crippen LogP contribution < -0.4 is 0 Å². The van der Waals surface area contributed by atoms with Crippen molar-refractivity contribution >= 4 is 22.7 Å². The highest BCUT2D eigenvalue weighted by atomic mass is 32.1. The molecular weight excluding hydrogens is 1210 g/mol. The molecule has 0 nitrogen and oxygen atoms in total. The van der Waals surface area contributed by atoms with Crippen molar-refractivity contribution in [3.63, 3.8) is 0 Å². The third-order valence-corrected chi connectivity index (χ3v) is 27.7. The quantitative estimate of drug-likeness (QED) is 0.0359. The van der Waals surface area contributed by atoms with Gasteiger partial charge < -0.3 is 0 Å². The molecule has 97 heavy (non-hydrogen) atoms. The molecule has 0 amide bonds. The fraction of sp³-hybridized carbons (Fsp3) is 0.537. The van der Waals surface area contributed by atoms with E-state index in [0.29, 0.717) is 35.5 Å². The molecule has 8 aromatic rings. The number of rotatable bonds is 40. The molecule has 0 saturated heterocycles. The van der Waals surface area contributed by atoms with Crippen LogP contribution in [0.4, 0.5) is 0 Å². The highest BCUT2D eigenvalue weighted by molar-refractivity contribution is 7.19. The molecule has 3 aliphatic carbocycles. The van der Waals surface area contributed by atoms with Crippen LogP contribution >= 0.6 is 22.7 Å². The Bertz CT molecular complexity index is 3520. The van der Waals surface area contributed by atoms with Crippen LogP contribution in [0.25, 0.3) is 75.1 Å². The van der Waals surface area contributed by atoms with E-state index >= 15 is 0 Å². The minimum absolute atomic E-state index is 0.0247. The van der Waals surface area contributed by atoms with Gasteiger partial charge in [-0.15, -0.1) is 22.7 Å². The molecule has 0 radical (unpaired) electrons. The van der Waals surface area contributed by atoms with E-state index in [1.54, 1.807) is 33.4 Å². The van der Waals surface area contributed by atoms with Crippen LogP contribution in [0, 0.1) is 35.5 Å². The van der Waals surface area contributed by atoms with E-state index in [1.165, 1.54) is 268 Å². The molecule has 6 unspecified atom stereocenters. The Morgan fingerprint density at radius 2 is 0.443 bits per heavy atom. The number of fused-ring (bicyclic) bond motifs is 9. The van der Waals surface area contributed by atoms with Crippen molar-refractivity contribution < 1.29 is 0 Å². The van der Waals surface area contributed by atoms with Crippen molar-refractivity contribution in [2.24, 2.45) is 35.5 Å². The van der Waals surface area contributed by atoms with E-state index < -0.39 is 0 Å². The smallest absolute Gasteiger partial charge is 0.0349 e. The van der Waals surface area contributed by atoms with E-state index in [2.05, 4.69) is 229 Å². The third kappa shape index (κ3) is 15.2. The molecule has 2 heterocycles. The SMILES string of the molecule is CCCCC(CC)CC1(CC(CC)CCCC)c2ccccc2-c2ccc(-c3ccc(-c4ccc5c(c4)C(CC(CC)CCCC)(CC(CC)CCCC)c4cc(-c6ccc(-c7ccc8c(c7)C(CC(CC)CCCC)(CC(CC)CCCC)c7ccccc7-8)s6)ccc4-5)s3)cc21. The van der Waals surface area contributed by atoms with Crippen LogP contribution in [0.15, 0.2) is 146 Å². The van der Waals surface area contributed by atoms with Gasteiger partial charge in [0.05, 0.1) is 0 Å². The number of hydrogen-bond donors (Lipinski definition) is 0. The lowest BCUT2D eigenvalue weighted by atomic mass is 9.65. The van der Waals surface area contributed by atoms with Gasteiger partial charge in [0, 0.05) is 35.8 Å². The predicted molar refractivity (Wildman–Crippen MR) is 430 cm³/mol. The summed E-state index contributed by atoms with van der Waals surface area (Å²) in [6, 6.07) is 60.3. The fourth-order valence-corrected chi connectivity index (χ4v) is 21.5. The summed E-state index contributed by atoms with van der Waals surface area (Å²) in [5, 5.41) is 0. The summed E-state index contributed by atoms with van der Waals surface area (Å²) >= 11 is 4.07.